The molecule has 3 aromatic rings. The van der Waals surface area contributed by atoms with E-state index in [0.717, 1.165) is 11.3 Å². The minimum absolute atomic E-state index is 0.280. The van der Waals surface area contributed by atoms with Crippen molar-refractivity contribution in [1.82, 2.24) is 0 Å². The Morgan fingerprint density at radius 2 is 1.62 bits per heavy atom. The zero-order valence-electron chi connectivity index (χ0n) is 13.6. The minimum atomic E-state index is -0.521. The number of halogens is 1. The molecule has 0 atom stereocenters. The lowest BCUT2D eigenvalue weighted by molar-refractivity contribution is 0.0734. The van der Waals surface area contributed by atoms with Crippen molar-refractivity contribution in [2.24, 2.45) is 4.99 Å². The van der Waals surface area contributed by atoms with Gasteiger partial charge in [-0.3, -0.25) is 4.99 Å². The lowest BCUT2D eigenvalue weighted by Gasteiger charge is -2.04. The second kappa shape index (κ2) is 7.86. The van der Waals surface area contributed by atoms with Crippen molar-refractivity contribution in [2.75, 3.05) is 0 Å². The third-order valence-corrected chi connectivity index (χ3v) is 3.53. The lowest BCUT2D eigenvalue weighted by Crippen LogP contribution is -2.08. The van der Waals surface area contributed by atoms with Gasteiger partial charge in [-0.15, -0.1) is 0 Å². The first kappa shape index (κ1) is 17.1. The van der Waals surface area contributed by atoms with Gasteiger partial charge in [0.1, 0.15) is 11.6 Å². The number of hydrogen-bond acceptors (Lipinski definition) is 4. The first-order chi connectivity index (χ1) is 12.6. The van der Waals surface area contributed by atoms with E-state index in [9.17, 15) is 9.18 Å². The number of aliphatic imine (C=N–C) groups is 1. The van der Waals surface area contributed by atoms with E-state index in [1.54, 1.807) is 54.7 Å². The number of hydrogen-bond donors (Lipinski definition) is 0. The second-order valence-corrected chi connectivity index (χ2v) is 5.38. The van der Waals surface area contributed by atoms with Crippen molar-refractivity contribution in [2.45, 2.75) is 0 Å². The molecule has 0 heterocycles. The Morgan fingerprint density at radius 3 is 2.23 bits per heavy atom. The van der Waals surface area contributed by atoms with Gasteiger partial charge >= 0.3 is 5.97 Å². The summed E-state index contributed by atoms with van der Waals surface area (Å²) in [5.74, 6) is -0.634. The van der Waals surface area contributed by atoms with Crippen molar-refractivity contribution in [1.29, 1.82) is 5.26 Å². The minimum Gasteiger partial charge on any atom is -0.423 e. The number of ether oxygens (including phenoxy) is 1. The summed E-state index contributed by atoms with van der Waals surface area (Å²) >= 11 is 0. The highest BCUT2D eigenvalue weighted by molar-refractivity contribution is 5.92. The maximum absolute atomic E-state index is 12.9. The Bertz CT molecular complexity index is 971. The van der Waals surface area contributed by atoms with Gasteiger partial charge in [-0.1, -0.05) is 12.1 Å². The standard InChI is InChI=1S/C21H13FN2O2/c22-18-7-11-20(12-8-18)26-21(25)17-5-1-16(2-6-17)14-24-19-9-3-15(13-23)4-10-19/h1-12,14H. The molecule has 0 saturated carbocycles. The predicted molar refractivity (Wildman–Crippen MR) is 96.2 cm³/mol. The van der Waals surface area contributed by atoms with Crippen LogP contribution >= 0.6 is 0 Å². The normalized spacial score (nSPS) is 10.5. The quantitative estimate of drug-likeness (QED) is 0.393. The molecular formula is C21H13FN2O2. The maximum Gasteiger partial charge on any atom is 0.343 e. The average molecular weight is 344 g/mol. The Morgan fingerprint density at radius 1 is 0.962 bits per heavy atom. The molecule has 0 saturated heterocycles. The van der Waals surface area contributed by atoms with Gasteiger partial charge in [-0.2, -0.15) is 5.26 Å². The summed E-state index contributed by atoms with van der Waals surface area (Å²) in [4.78, 5) is 16.4. The highest BCUT2D eigenvalue weighted by atomic mass is 19.1. The molecule has 0 bridgehead atoms. The molecule has 0 aliphatic carbocycles. The molecule has 3 rings (SSSR count). The van der Waals surface area contributed by atoms with Crippen LogP contribution in [0.1, 0.15) is 21.5 Å². The van der Waals surface area contributed by atoms with Gasteiger partial charge in [0, 0.05) is 6.21 Å². The van der Waals surface area contributed by atoms with E-state index < -0.39 is 11.8 Å². The molecule has 0 aliphatic heterocycles. The third kappa shape index (κ3) is 4.40. The van der Waals surface area contributed by atoms with Gasteiger partial charge in [0.05, 0.1) is 22.9 Å². The van der Waals surface area contributed by atoms with E-state index in [4.69, 9.17) is 10.00 Å². The summed E-state index contributed by atoms with van der Waals surface area (Å²) in [5.41, 5.74) is 2.49. The highest BCUT2D eigenvalue weighted by Gasteiger charge is 2.08. The van der Waals surface area contributed by atoms with Crippen LogP contribution in [0.15, 0.2) is 77.8 Å². The lowest BCUT2D eigenvalue weighted by atomic mass is 10.1. The molecule has 0 N–H and O–H groups in total. The van der Waals surface area contributed by atoms with Crippen molar-refractivity contribution in [3.63, 3.8) is 0 Å². The van der Waals surface area contributed by atoms with E-state index >= 15 is 0 Å². The number of carbonyl (C=O) groups excluding carboxylic acids is 1. The van der Waals surface area contributed by atoms with Crippen LogP contribution in [0.25, 0.3) is 0 Å². The van der Waals surface area contributed by atoms with Crippen LogP contribution in [-0.4, -0.2) is 12.2 Å². The fraction of sp³-hybridized carbons (Fsp3) is 0. The molecule has 0 aromatic heterocycles. The number of esters is 1. The Labute approximate surface area is 149 Å². The summed E-state index contributed by atoms with van der Waals surface area (Å²) in [6.07, 6.45) is 1.66. The summed E-state index contributed by atoms with van der Waals surface area (Å²) < 4.78 is 18.0. The first-order valence-corrected chi connectivity index (χ1v) is 7.76. The summed E-state index contributed by atoms with van der Waals surface area (Å²) in [7, 11) is 0. The molecular weight excluding hydrogens is 331 g/mol. The molecule has 0 radical (unpaired) electrons. The topological polar surface area (TPSA) is 62.5 Å². The van der Waals surface area contributed by atoms with Crippen molar-refractivity contribution in [3.8, 4) is 11.8 Å². The van der Waals surface area contributed by atoms with Crippen LogP contribution in [0.2, 0.25) is 0 Å². The summed E-state index contributed by atoms with van der Waals surface area (Å²) in [6, 6.07) is 20.9. The highest BCUT2D eigenvalue weighted by Crippen LogP contribution is 2.15. The van der Waals surface area contributed by atoms with Crippen LogP contribution < -0.4 is 4.74 Å². The van der Waals surface area contributed by atoms with Crippen molar-refractivity contribution < 1.29 is 13.9 Å². The van der Waals surface area contributed by atoms with Gasteiger partial charge in [-0.05, 0) is 66.2 Å². The monoisotopic (exact) mass is 344 g/mol. The number of rotatable bonds is 4. The van der Waals surface area contributed by atoms with Crippen LogP contribution in [0.4, 0.5) is 10.1 Å². The smallest absolute Gasteiger partial charge is 0.343 e. The van der Waals surface area contributed by atoms with E-state index in [-0.39, 0.29) is 5.75 Å². The van der Waals surface area contributed by atoms with E-state index in [0.29, 0.717) is 11.1 Å². The SMILES string of the molecule is N#Cc1ccc(N=Cc2ccc(C(=O)Oc3ccc(F)cc3)cc2)cc1. The first-order valence-electron chi connectivity index (χ1n) is 7.76. The van der Waals surface area contributed by atoms with Gasteiger partial charge in [0.25, 0.3) is 0 Å². The second-order valence-electron chi connectivity index (χ2n) is 5.38. The molecule has 0 spiro atoms. The van der Waals surface area contributed by atoms with Crippen LogP contribution in [0.5, 0.6) is 5.75 Å². The maximum atomic E-state index is 12.9. The van der Waals surface area contributed by atoms with Gasteiger partial charge < -0.3 is 4.74 Å². The molecule has 0 unspecified atom stereocenters. The molecule has 126 valence electrons. The number of benzene rings is 3. The Kier molecular flexibility index (Phi) is 5.16. The number of nitrogens with zero attached hydrogens (tertiary/aromatic N) is 2. The Hall–Kier alpha value is -3.78. The number of nitriles is 1. The molecule has 0 fully saturated rings. The fourth-order valence-corrected chi connectivity index (χ4v) is 2.14. The molecule has 0 amide bonds. The molecule has 5 heteroatoms. The zero-order valence-corrected chi connectivity index (χ0v) is 13.6. The summed E-state index contributed by atoms with van der Waals surface area (Å²) in [6.45, 7) is 0. The van der Waals surface area contributed by atoms with E-state index in [2.05, 4.69) is 11.1 Å². The summed E-state index contributed by atoms with van der Waals surface area (Å²) in [5, 5.41) is 8.77. The van der Waals surface area contributed by atoms with E-state index in [1.807, 2.05) is 0 Å². The van der Waals surface area contributed by atoms with Crippen LogP contribution in [-0.2, 0) is 0 Å². The molecule has 26 heavy (non-hydrogen) atoms. The van der Waals surface area contributed by atoms with Crippen LogP contribution in [0, 0.1) is 17.1 Å². The predicted octanol–water partition coefficient (Wildman–Crippen LogP) is 4.67. The molecule has 0 aliphatic rings. The van der Waals surface area contributed by atoms with Crippen molar-refractivity contribution in [3.05, 3.63) is 95.3 Å². The number of carbonyl (C=O) groups is 1. The van der Waals surface area contributed by atoms with Gasteiger partial charge in [0.2, 0.25) is 0 Å². The fourth-order valence-electron chi connectivity index (χ4n) is 2.14. The average Bonchev–Trinajstić information content (AvgIpc) is 2.69. The van der Waals surface area contributed by atoms with Gasteiger partial charge in [-0.25, -0.2) is 9.18 Å². The Balaban J connectivity index is 1.65. The van der Waals surface area contributed by atoms with Crippen LogP contribution in [0.3, 0.4) is 0 Å². The largest absolute Gasteiger partial charge is 0.423 e. The van der Waals surface area contributed by atoms with E-state index in [1.165, 1.54) is 24.3 Å². The van der Waals surface area contributed by atoms with Gasteiger partial charge in [0.15, 0.2) is 0 Å². The molecule has 4 nitrogen and oxygen atoms in total. The molecule has 3 aromatic carbocycles. The van der Waals surface area contributed by atoms with Crippen molar-refractivity contribution >= 4 is 17.9 Å². The zero-order chi connectivity index (χ0) is 18.4. The third-order valence-electron chi connectivity index (χ3n) is 3.53.